The number of hydrogen-bond acceptors (Lipinski definition) is 5. The maximum atomic E-state index is 13.1. The van der Waals surface area contributed by atoms with Crippen LogP contribution in [0.5, 0.6) is 0 Å². The van der Waals surface area contributed by atoms with Crippen molar-refractivity contribution in [3.63, 3.8) is 0 Å². The van der Waals surface area contributed by atoms with Crippen LogP contribution in [-0.4, -0.2) is 57.5 Å². The van der Waals surface area contributed by atoms with Gasteiger partial charge in [-0.25, -0.2) is 0 Å². The smallest absolute Gasteiger partial charge is 0.233 e. The van der Waals surface area contributed by atoms with Gasteiger partial charge in [-0.1, -0.05) is 90.6 Å². The molecule has 0 atom stereocenters. The summed E-state index contributed by atoms with van der Waals surface area (Å²) in [6.45, 7) is 3.14. The Hall–Kier alpha value is -4.10. The molecule has 0 aliphatic carbocycles. The van der Waals surface area contributed by atoms with E-state index in [-0.39, 0.29) is 5.91 Å². The SMILES string of the molecule is O=C(CSc1nnc(Cc2cccc3ccccc23)n1-c1ccccc1)N1CCN(c2ccccc2)CC1. The fraction of sp³-hybridized carbons (Fsp3) is 0.194. The van der Waals surface area contributed by atoms with Gasteiger partial charge in [-0.2, -0.15) is 0 Å². The quantitative estimate of drug-likeness (QED) is 0.268. The average Bonchev–Trinajstić information content (AvgIpc) is 3.39. The van der Waals surface area contributed by atoms with Crippen molar-refractivity contribution < 1.29 is 4.79 Å². The van der Waals surface area contributed by atoms with Crippen molar-refractivity contribution in [2.75, 3.05) is 36.8 Å². The molecule has 7 heteroatoms. The van der Waals surface area contributed by atoms with Crippen LogP contribution in [0.15, 0.2) is 108 Å². The van der Waals surface area contributed by atoms with Gasteiger partial charge in [-0.3, -0.25) is 9.36 Å². The molecule has 0 saturated carbocycles. The van der Waals surface area contributed by atoms with E-state index in [0.29, 0.717) is 12.2 Å². The minimum absolute atomic E-state index is 0.140. The van der Waals surface area contributed by atoms with Crippen LogP contribution in [0, 0.1) is 0 Å². The first-order valence-corrected chi connectivity index (χ1v) is 13.9. The van der Waals surface area contributed by atoms with Crippen LogP contribution >= 0.6 is 11.8 Å². The Morgan fingerprint density at radius 3 is 2.13 bits per heavy atom. The van der Waals surface area contributed by atoms with Crippen LogP contribution in [0.2, 0.25) is 0 Å². The summed E-state index contributed by atoms with van der Waals surface area (Å²) < 4.78 is 2.09. The van der Waals surface area contributed by atoms with Crippen molar-refractivity contribution in [1.82, 2.24) is 19.7 Å². The molecular weight excluding hydrogens is 490 g/mol. The Labute approximate surface area is 226 Å². The molecule has 6 rings (SSSR count). The molecule has 38 heavy (non-hydrogen) atoms. The Balaban J connectivity index is 1.18. The van der Waals surface area contributed by atoms with E-state index in [1.54, 1.807) is 0 Å². The van der Waals surface area contributed by atoms with Crippen LogP contribution in [-0.2, 0) is 11.2 Å². The molecule has 2 heterocycles. The molecule has 190 valence electrons. The van der Waals surface area contributed by atoms with Crippen molar-refractivity contribution in [3.8, 4) is 5.69 Å². The zero-order valence-corrected chi connectivity index (χ0v) is 21.9. The number of fused-ring (bicyclic) bond motifs is 1. The largest absolute Gasteiger partial charge is 0.368 e. The van der Waals surface area contributed by atoms with E-state index in [4.69, 9.17) is 0 Å². The predicted octanol–water partition coefficient (Wildman–Crippen LogP) is 5.45. The van der Waals surface area contributed by atoms with Gasteiger partial charge in [-0.15, -0.1) is 10.2 Å². The summed E-state index contributed by atoms with van der Waals surface area (Å²) in [5.41, 5.74) is 3.42. The molecule has 0 spiro atoms. The second-order valence-corrected chi connectivity index (χ2v) is 10.3. The van der Waals surface area contributed by atoms with Gasteiger partial charge in [0.05, 0.1) is 5.75 Å². The molecule has 5 aromatic rings. The van der Waals surface area contributed by atoms with Crippen molar-refractivity contribution >= 4 is 34.1 Å². The standard InChI is InChI=1S/C31H29N5OS/c37-30(35-20-18-34(19-21-35)26-13-3-1-4-14-26)23-38-31-33-32-29(36(31)27-15-5-2-6-16-27)22-25-12-9-11-24-10-7-8-17-28(24)25/h1-17H,18-23H2. The van der Waals surface area contributed by atoms with Gasteiger partial charge >= 0.3 is 0 Å². The van der Waals surface area contributed by atoms with Gasteiger partial charge < -0.3 is 9.80 Å². The lowest BCUT2D eigenvalue weighted by Gasteiger charge is -2.36. The lowest BCUT2D eigenvalue weighted by Crippen LogP contribution is -2.49. The van der Waals surface area contributed by atoms with Gasteiger partial charge in [0.2, 0.25) is 5.91 Å². The molecule has 0 N–H and O–H groups in total. The van der Waals surface area contributed by atoms with Crippen LogP contribution in [0.1, 0.15) is 11.4 Å². The van der Waals surface area contributed by atoms with E-state index < -0.39 is 0 Å². The number of aromatic nitrogens is 3. The van der Waals surface area contributed by atoms with Gasteiger partial charge in [0.1, 0.15) is 5.82 Å². The Morgan fingerprint density at radius 1 is 0.711 bits per heavy atom. The monoisotopic (exact) mass is 519 g/mol. The molecule has 1 saturated heterocycles. The lowest BCUT2D eigenvalue weighted by atomic mass is 10.0. The molecular formula is C31H29N5OS. The molecule has 1 fully saturated rings. The molecule has 0 bridgehead atoms. The topological polar surface area (TPSA) is 54.3 Å². The summed E-state index contributed by atoms with van der Waals surface area (Å²) in [6, 6.07) is 35.3. The number of benzene rings is 4. The number of anilines is 1. The molecule has 0 radical (unpaired) electrons. The summed E-state index contributed by atoms with van der Waals surface area (Å²) in [7, 11) is 0. The first-order chi connectivity index (χ1) is 18.8. The normalized spacial score (nSPS) is 13.7. The summed E-state index contributed by atoms with van der Waals surface area (Å²) >= 11 is 1.46. The number of thioether (sulfide) groups is 1. The van der Waals surface area contributed by atoms with E-state index in [9.17, 15) is 4.79 Å². The highest BCUT2D eigenvalue weighted by molar-refractivity contribution is 7.99. The van der Waals surface area contributed by atoms with E-state index >= 15 is 0 Å². The summed E-state index contributed by atoms with van der Waals surface area (Å²) in [5, 5.41) is 12.3. The molecule has 4 aromatic carbocycles. The van der Waals surface area contributed by atoms with E-state index in [2.05, 4.69) is 98.5 Å². The number of carbonyl (C=O) groups excluding carboxylic acids is 1. The number of hydrogen-bond donors (Lipinski definition) is 0. The van der Waals surface area contributed by atoms with Gasteiger partial charge in [0.25, 0.3) is 0 Å². The Morgan fingerprint density at radius 2 is 1.37 bits per heavy atom. The fourth-order valence-corrected chi connectivity index (χ4v) is 5.91. The maximum Gasteiger partial charge on any atom is 0.233 e. The van der Waals surface area contributed by atoms with Crippen LogP contribution in [0.4, 0.5) is 5.69 Å². The predicted molar refractivity (Wildman–Crippen MR) is 154 cm³/mol. The number of nitrogens with zero attached hydrogens (tertiary/aromatic N) is 5. The minimum Gasteiger partial charge on any atom is -0.368 e. The third kappa shape index (κ3) is 5.15. The Bertz CT molecular complexity index is 1520. The van der Waals surface area contributed by atoms with Gasteiger partial charge in [-0.05, 0) is 40.6 Å². The minimum atomic E-state index is 0.140. The van der Waals surface area contributed by atoms with Crippen LogP contribution in [0.3, 0.4) is 0 Å². The molecule has 1 aromatic heterocycles. The zero-order chi connectivity index (χ0) is 25.7. The molecule has 6 nitrogen and oxygen atoms in total. The first-order valence-electron chi connectivity index (χ1n) is 12.9. The summed E-state index contributed by atoms with van der Waals surface area (Å²) in [4.78, 5) is 17.4. The average molecular weight is 520 g/mol. The first kappa shape index (κ1) is 24.2. The fourth-order valence-electron chi connectivity index (χ4n) is 5.03. The van der Waals surface area contributed by atoms with Crippen LogP contribution < -0.4 is 4.90 Å². The van der Waals surface area contributed by atoms with E-state index in [0.717, 1.165) is 42.8 Å². The van der Waals surface area contributed by atoms with Crippen molar-refractivity contribution in [1.29, 1.82) is 0 Å². The number of para-hydroxylation sites is 2. The number of carbonyl (C=O) groups is 1. The third-order valence-electron chi connectivity index (χ3n) is 7.02. The molecule has 1 aliphatic rings. The van der Waals surface area contributed by atoms with Crippen molar-refractivity contribution in [3.05, 3.63) is 115 Å². The van der Waals surface area contributed by atoms with Gasteiger partial charge in [0.15, 0.2) is 5.16 Å². The van der Waals surface area contributed by atoms with Crippen molar-refractivity contribution in [2.24, 2.45) is 0 Å². The second kappa shape index (κ2) is 11.1. The van der Waals surface area contributed by atoms with Crippen molar-refractivity contribution in [2.45, 2.75) is 11.6 Å². The number of piperazine rings is 1. The Kier molecular flexibility index (Phi) is 7.09. The summed E-state index contributed by atoms with van der Waals surface area (Å²) in [6.07, 6.45) is 0.652. The van der Waals surface area contributed by atoms with Gasteiger partial charge in [0, 0.05) is 44.0 Å². The summed E-state index contributed by atoms with van der Waals surface area (Å²) in [5.74, 6) is 1.34. The second-order valence-electron chi connectivity index (χ2n) is 9.38. The molecule has 1 amide bonds. The highest BCUT2D eigenvalue weighted by Gasteiger charge is 2.23. The molecule has 1 aliphatic heterocycles. The number of rotatable bonds is 7. The van der Waals surface area contributed by atoms with E-state index in [1.807, 2.05) is 29.2 Å². The zero-order valence-electron chi connectivity index (χ0n) is 21.1. The third-order valence-corrected chi connectivity index (χ3v) is 7.94. The van der Waals surface area contributed by atoms with Crippen LogP contribution in [0.25, 0.3) is 16.5 Å². The number of amides is 1. The van der Waals surface area contributed by atoms with E-state index in [1.165, 1.54) is 33.8 Å². The maximum absolute atomic E-state index is 13.1. The lowest BCUT2D eigenvalue weighted by molar-refractivity contribution is -0.128. The molecule has 0 unspecified atom stereocenters. The highest BCUT2D eigenvalue weighted by atomic mass is 32.2. The highest BCUT2D eigenvalue weighted by Crippen LogP contribution is 2.26.